The van der Waals surface area contributed by atoms with Crippen molar-refractivity contribution in [2.24, 2.45) is 5.92 Å². The second kappa shape index (κ2) is 19.6. The summed E-state index contributed by atoms with van der Waals surface area (Å²) in [7, 11) is 0. The molecule has 11 nitrogen and oxygen atoms in total. The van der Waals surface area contributed by atoms with Crippen molar-refractivity contribution in [3.63, 3.8) is 0 Å². The first-order valence-corrected chi connectivity index (χ1v) is 17.0. The first-order valence-electron chi connectivity index (χ1n) is 17.0. The number of hydrogen-bond acceptors (Lipinski definition) is 8. The average molecular weight is 682 g/mol. The highest BCUT2D eigenvalue weighted by Crippen LogP contribution is 2.16. The van der Waals surface area contributed by atoms with Crippen LogP contribution in [-0.4, -0.2) is 57.4 Å². The Labute approximate surface area is 293 Å². The van der Waals surface area contributed by atoms with Gasteiger partial charge in [-0.25, -0.2) is 9.59 Å². The summed E-state index contributed by atoms with van der Waals surface area (Å²) in [5, 5.41) is 20.2. The maximum Gasteiger partial charge on any atom is 0.408 e. The number of carbonyl (C=O) groups excluding carboxylic acids is 3. The first kappa shape index (κ1) is 37.5. The van der Waals surface area contributed by atoms with Gasteiger partial charge in [0.1, 0.15) is 19.3 Å². The van der Waals surface area contributed by atoms with Gasteiger partial charge in [-0.3, -0.25) is 14.8 Å². The second-order valence-electron chi connectivity index (χ2n) is 12.5. The number of benzene rings is 2. The fraction of sp³-hybridized carbons (Fsp3) is 0.359. The third-order valence-electron chi connectivity index (χ3n) is 8.16. The van der Waals surface area contributed by atoms with Gasteiger partial charge in [0.15, 0.2) is 0 Å². The van der Waals surface area contributed by atoms with Crippen LogP contribution in [0, 0.1) is 5.92 Å². The Morgan fingerprint density at radius 2 is 1.34 bits per heavy atom. The molecule has 0 fully saturated rings. The number of aliphatic hydroxyl groups is 1. The number of aliphatic hydroxyl groups excluding tert-OH is 1. The summed E-state index contributed by atoms with van der Waals surface area (Å²) in [5.74, 6) is -0.687. The van der Waals surface area contributed by atoms with Crippen LogP contribution < -0.4 is 16.0 Å². The van der Waals surface area contributed by atoms with Crippen LogP contribution in [0.4, 0.5) is 9.59 Å². The Morgan fingerprint density at radius 3 is 1.98 bits per heavy atom. The number of amides is 3. The van der Waals surface area contributed by atoms with E-state index in [9.17, 15) is 19.5 Å². The van der Waals surface area contributed by atoms with Crippen molar-refractivity contribution in [2.75, 3.05) is 0 Å². The topological polar surface area (TPSA) is 152 Å². The average Bonchev–Trinajstić information content (AvgIpc) is 3.13. The summed E-state index contributed by atoms with van der Waals surface area (Å²) in [4.78, 5) is 48.0. The first-order chi connectivity index (χ1) is 24.2. The van der Waals surface area contributed by atoms with Crippen molar-refractivity contribution >= 4 is 18.1 Å². The fourth-order valence-corrected chi connectivity index (χ4v) is 5.46. The Kier molecular flexibility index (Phi) is 14.7. The molecule has 50 heavy (non-hydrogen) atoms. The zero-order valence-electron chi connectivity index (χ0n) is 28.8. The molecule has 0 aliphatic rings. The summed E-state index contributed by atoms with van der Waals surface area (Å²) >= 11 is 0. The lowest BCUT2D eigenvalue weighted by Gasteiger charge is -2.30. The lowest BCUT2D eigenvalue weighted by Crippen LogP contribution is -2.54. The van der Waals surface area contributed by atoms with Crippen LogP contribution in [0.1, 0.15) is 55.3 Å². The molecule has 0 aliphatic carbocycles. The largest absolute Gasteiger partial charge is 0.445 e. The Balaban J connectivity index is 1.45. The maximum atomic E-state index is 13.7. The summed E-state index contributed by atoms with van der Waals surface area (Å²) in [6.07, 6.45) is 2.35. The third kappa shape index (κ3) is 12.6. The van der Waals surface area contributed by atoms with Crippen molar-refractivity contribution in [3.05, 3.63) is 131 Å². The Bertz CT molecular complexity index is 1620. The molecule has 0 saturated carbocycles. The van der Waals surface area contributed by atoms with Crippen molar-refractivity contribution in [2.45, 2.75) is 83.9 Å². The number of nitrogens with zero attached hydrogens (tertiary/aromatic N) is 2. The molecule has 4 atom stereocenters. The van der Waals surface area contributed by atoms with Crippen molar-refractivity contribution in [1.82, 2.24) is 25.9 Å². The van der Waals surface area contributed by atoms with Crippen LogP contribution in [0.2, 0.25) is 0 Å². The van der Waals surface area contributed by atoms with Gasteiger partial charge in [-0.05, 0) is 60.9 Å². The number of carbonyl (C=O) groups is 3. The van der Waals surface area contributed by atoms with Crippen LogP contribution >= 0.6 is 0 Å². The van der Waals surface area contributed by atoms with E-state index in [-0.39, 0.29) is 25.6 Å². The molecule has 0 aliphatic heterocycles. The highest BCUT2D eigenvalue weighted by molar-refractivity contribution is 5.86. The van der Waals surface area contributed by atoms with E-state index in [1.54, 1.807) is 30.6 Å². The molecule has 11 heteroatoms. The monoisotopic (exact) mass is 681 g/mol. The van der Waals surface area contributed by atoms with Crippen LogP contribution in [0.3, 0.4) is 0 Å². The maximum absolute atomic E-state index is 13.7. The normalized spacial score (nSPS) is 13.4. The fourth-order valence-electron chi connectivity index (χ4n) is 5.46. The second-order valence-corrected chi connectivity index (χ2v) is 12.5. The smallest absolute Gasteiger partial charge is 0.408 e. The van der Waals surface area contributed by atoms with Gasteiger partial charge < -0.3 is 30.5 Å². The van der Waals surface area contributed by atoms with Gasteiger partial charge in [-0.2, -0.15) is 0 Å². The van der Waals surface area contributed by atoms with Crippen molar-refractivity contribution in [3.8, 4) is 0 Å². The molecule has 4 rings (SSSR count). The number of ether oxygens (including phenoxy) is 2. The summed E-state index contributed by atoms with van der Waals surface area (Å²) in [6, 6.07) is 26.0. The van der Waals surface area contributed by atoms with E-state index in [0.29, 0.717) is 18.5 Å². The number of hydrogen-bond donors (Lipinski definition) is 4. The summed E-state index contributed by atoms with van der Waals surface area (Å²) in [6.45, 7) is 5.64. The van der Waals surface area contributed by atoms with Gasteiger partial charge in [0.05, 0.1) is 17.8 Å². The molecule has 3 amide bonds. The highest BCUT2D eigenvalue weighted by atomic mass is 16.6. The predicted molar refractivity (Wildman–Crippen MR) is 190 cm³/mol. The molecular formula is C39H47N5O6. The summed E-state index contributed by atoms with van der Waals surface area (Å²) in [5.41, 5.74) is 4.09. The molecule has 4 N–H and O–H groups in total. The van der Waals surface area contributed by atoms with E-state index in [0.717, 1.165) is 28.8 Å². The standard InChI is InChI=1S/C39H47N5O6/c1-4-31-18-11-19-32(41-31)26-50-39(48)44-36(27(2)3)37(46)42-33(21-28-13-7-5-8-14-28)23-35(45)34(22-29-15-9-6-10-16-29)43-38(47)49-25-30-17-12-20-40-24-30/h5-20,24,27,33-36,45H,4,21-23,25-26H2,1-3H3,(H,42,46)(H,43,47)(H,44,48)/t33-,34-,35-,36?/m0/s1. The SMILES string of the molecule is CCc1cccc(COC(=O)NC(C(=O)N[C@@H](Cc2ccccc2)C[C@H](O)[C@H](Cc2ccccc2)NC(=O)OCc2cccnc2)C(C)C)n1. The van der Waals surface area contributed by atoms with E-state index in [4.69, 9.17) is 9.47 Å². The van der Waals surface area contributed by atoms with Gasteiger partial charge in [0.25, 0.3) is 0 Å². The van der Waals surface area contributed by atoms with Gasteiger partial charge in [0, 0.05) is 29.7 Å². The number of rotatable bonds is 17. The lowest BCUT2D eigenvalue weighted by atomic mass is 9.93. The molecule has 2 heterocycles. The molecule has 1 unspecified atom stereocenters. The van der Waals surface area contributed by atoms with Crippen molar-refractivity contribution < 1.29 is 29.0 Å². The predicted octanol–water partition coefficient (Wildman–Crippen LogP) is 5.31. The van der Waals surface area contributed by atoms with E-state index in [1.807, 2.05) is 93.6 Å². The molecule has 0 spiro atoms. The Hall–Kier alpha value is -5.29. The molecule has 2 aromatic carbocycles. The van der Waals surface area contributed by atoms with Crippen LogP contribution in [0.15, 0.2) is 103 Å². The lowest BCUT2D eigenvalue weighted by molar-refractivity contribution is -0.125. The van der Waals surface area contributed by atoms with Crippen LogP contribution in [0.25, 0.3) is 0 Å². The van der Waals surface area contributed by atoms with Gasteiger partial charge >= 0.3 is 12.2 Å². The number of pyridine rings is 2. The van der Waals surface area contributed by atoms with Crippen molar-refractivity contribution in [1.29, 1.82) is 0 Å². The molecule has 0 saturated heterocycles. The van der Waals surface area contributed by atoms with Gasteiger partial charge in [-0.1, -0.05) is 93.6 Å². The number of aryl methyl sites for hydroxylation is 1. The van der Waals surface area contributed by atoms with E-state index in [2.05, 4.69) is 25.9 Å². The van der Waals surface area contributed by atoms with E-state index in [1.165, 1.54) is 0 Å². The number of aromatic nitrogens is 2. The van der Waals surface area contributed by atoms with Gasteiger partial charge in [0.2, 0.25) is 5.91 Å². The molecule has 4 aromatic rings. The minimum atomic E-state index is -1.07. The molecular weight excluding hydrogens is 634 g/mol. The van der Waals surface area contributed by atoms with E-state index < -0.39 is 42.3 Å². The number of nitrogens with one attached hydrogen (secondary N) is 3. The zero-order chi connectivity index (χ0) is 35.7. The molecule has 0 bridgehead atoms. The highest BCUT2D eigenvalue weighted by Gasteiger charge is 2.30. The third-order valence-corrected chi connectivity index (χ3v) is 8.16. The summed E-state index contributed by atoms with van der Waals surface area (Å²) < 4.78 is 10.8. The minimum Gasteiger partial charge on any atom is -0.445 e. The van der Waals surface area contributed by atoms with Gasteiger partial charge in [-0.15, -0.1) is 0 Å². The van der Waals surface area contributed by atoms with Crippen LogP contribution in [-0.2, 0) is 46.7 Å². The van der Waals surface area contributed by atoms with Crippen LogP contribution in [0.5, 0.6) is 0 Å². The molecule has 0 radical (unpaired) electrons. The Morgan fingerprint density at radius 1 is 0.720 bits per heavy atom. The molecule has 264 valence electrons. The minimum absolute atomic E-state index is 0.0220. The zero-order valence-corrected chi connectivity index (χ0v) is 28.8. The van der Waals surface area contributed by atoms with E-state index >= 15 is 0 Å². The number of alkyl carbamates (subject to hydrolysis) is 2. The quantitative estimate of drug-likeness (QED) is 0.117. The molecule has 2 aromatic heterocycles.